The third-order valence-corrected chi connectivity index (χ3v) is 4.23. The molecule has 1 atom stereocenters. The lowest BCUT2D eigenvalue weighted by atomic mass is 10.2. The Bertz CT molecular complexity index is 603. The van der Waals surface area contributed by atoms with Gasteiger partial charge in [-0.1, -0.05) is 6.92 Å². The molecule has 0 radical (unpaired) electrons. The van der Waals surface area contributed by atoms with Crippen LogP contribution >= 0.6 is 0 Å². The minimum absolute atomic E-state index is 0.106. The number of carbonyl (C=O) groups excluding carboxylic acids is 2. The van der Waals surface area contributed by atoms with Gasteiger partial charge in [-0.2, -0.15) is 0 Å². The Morgan fingerprint density at radius 2 is 2.08 bits per heavy atom. The molecular formula is C17H26N4O3. The second-order valence-corrected chi connectivity index (χ2v) is 6.10. The van der Waals surface area contributed by atoms with Gasteiger partial charge >= 0.3 is 6.03 Å². The molecule has 1 aliphatic heterocycles. The third-order valence-electron chi connectivity index (χ3n) is 4.23. The fourth-order valence-corrected chi connectivity index (χ4v) is 2.67. The second kappa shape index (κ2) is 8.01. The Kier molecular flexibility index (Phi) is 6.03. The van der Waals surface area contributed by atoms with Crippen LogP contribution in [-0.4, -0.2) is 62.1 Å². The number of nitrogens with one attached hydrogen (secondary N) is 2. The molecule has 7 heteroatoms. The van der Waals surface area contributed by atoms with Crippen molar-refractivity contribution in [3.63, 3.8) is 0 Å². The standard InChI is InChI=1S/C17H26N4O3/c1-5-16(22)19-14-10-12(6-7-15(14)24-4)18-17(23)21-9-8-13(11-21)20(2)3/h6-7,10,13H,5,8-9,11H2,1-4H3,(H,18,23)(H,19,22). The minimum atomic E-state index is -0.128. The molecule has 132 valence electrons. The third kappa shape index (κ3) is 4.38. The van der Waals surface area contributed by atoms with Crippen LogP contribution in [-0.2, 0) is 4.79 Å². The van der Waals surface area contributed by atoms with Gasteiger partial charge in [-0.05, 0) is 38.7 Å². The quantitative estimate of drug-likeness (QED) is 0.866. The zero-order valence-electron chi connectivity index (χ0n) is 14.8. The zero-order valence-corrected chi connectivity index (χ0v) is 14.8. The number of carbonyl (C=O) groups is 2. The summed E-state index contributed by atoms with van der Waals surface area (Å²) in [5, 5.41) is 5.67. The van der Waals surface area contributed by atoms with E-state index in [0.717, 1.165) is 13.0 Å². The van der Waals surface area contributed by atoms with E-state index in [1.165, 1.54) is 0 Å². The first kappa shape index (κ1) is 18.1. The van der Waals surface area contributed by atoms with Crippen molar-refractivity contribution in [3.8, 4) is 5.75 Å². The normalized spacial score (nSPS) is 17.0. The fourth-order valence-electron chi connectivity index (χ4n) is 2.67. The van der Waals surface area contributed by atoms with Gasteiger partial charge in [0.15, 0.2) is 0 Å². The monoisotopic (exact) mass is 334 g/mol. The van der Waals surface area contributed by atoms with Crippen LogP contribution in [0, 0.1) is 0 Å². The van der Waals surface area contributed by atoms with Crippen LogP contribution in [0.1, 0.15) is 19.8 Å². The van der Waals surface area contributed by atoms with Crippen molar-refractivity contribution in [3.05, 3.63) is 18.2 Å². The molecule has 3 amide bonds. The Hall–Kier alpha value is -2.28. The molecule has 7 nitrogen and oxygen atoms in total. The SMILES string of the molecule is CCC(=O)Nc1cc(NC(=O)N2CCC(N(C)C)C2)ccc1OC. The maximum absolute atomic E-state index is 12.4. The molecule has 1 aromatic carbocycles. The number of amides is 3. The molecule has 1 saturated heterocycles. The number of methoxy groups -OCH3 is 1. The zero-order chi connectivity index (χ0) is 17.7. The number of urea groups is 1. The van der Waals surface area contributed by atoms with Crippen LogP contribution in [0.3, 0.4) is 0 Å². The molecule has 0 bridgehead atoms. The number of likely N-dealkylation sites (N-methyl/N-ethyl adjacent to an activating group) is 1. The Morgan fingerprint density at radius 1 is 1.33 bits per heavy atom. The molecular weight excluding hydrogens is 308 g/mol. The van der Waals surface area contributed by atoms with Gasteiger partial charge in [-0.15, -0.1) is 0 Å². The fraction of sp³-hybridized carbons (Fsp3) is 0.529. The second-order valence-electron chi connectivity index (χ2n) is 6.10. The highest BCUT2D eigenvalue weighted by Gasteiger charge is 2.27. The van der Waals surface area contributed by atoms with Gasteiger partial charge in [0.05, 0.1) is 12.8 Å². The average molecular weight is 334 g/mol. The van der Waals surface area contributed by atoms with Crippen LogP contribution in [0.5, 0.6) is 5.75 Å². The molecule has 1 aromatic rings. The van der Waals surface area contributed by atoms with Crippen molar-refractivity contribution in [2.45, 2.75) is 25.8 Å². The first-order valence-corrected chi connectivity index (χ1v) is 8.14. The molecule has 24 heavy (non-hydrogen) atoms. The van der Waals surface area contributed by atoms with Crippen molar-refractivity contribution in [1.82, 2.24) is 9.80 Å². The van der Waals surface area contributed by atoms with Gasteiger partial charge in [-0.3, -0.25) is 4.79 Å². The predicted octanol–water partition coefficient (Wildman–Crippen LogP) is 2.21. The van der Waals surface area contributed by atoms with Crippen LogP contribution < -0.4 is 15.4 Å². The molecule has 2 rings (SSSR count). The van der Waals surface area contributed by atoms with Gasteiger partial charge in [0.1, 0.15) is 5.75 Å². The lowest BCUT2D eigenvalue weighted by molar-refractivity contribution is -0.115. The largest absolute Gasteiger partial charge is 0.495 e. The Morgan fingerprint density at radius 3 is 2.67 bits per heavy atom. The molecule has 0 aromatic heterocycles. The lowest BCUT2D eigenvalue weighted by Gasteiger charge is -2.21. The van der Waals surface area contributed by atoms with E-state index in [-0.39, 0.29) is 11.9 Å². The average Bonchev–Trinajstić information content (AvgIpc) is 3.05. The lowest BCUT2D eigenvalue weighted by Crippen LogP contribution is -2.36. The summed E-state index contributed by atoms with van der Waals surface area (Å²) in [5.41, 5.74) is 1.18. The first-order chi connectivity index (χ1) is 11.4. The topological polar surface area (TPSA) is 73.9 Å². The summed E-state index contributed by atoms with van der Waals surface area (Å²) < 4.78 is 5.25. The number of ether oxygens (including phenoxy) is 1. The number of hydrogen-bond donors (Lipinski definition) is 2. The first-order valence-electron chi connectivity index (χ1n) is 8.14. The Labute approximate surface area is 142 Å². The van der Waals surface area contributed by atoms with E-state index < -0.39 is 0 Å². The van der Waals surface area contributed by atoms with E-state index >= 15 is 0 Å². The van der Waals surface area contributed by atoms with Crippen molar-refractivity contribution in [1.29, 1.82) is 0 Å². The highest BCUT2D eigenvalue weighted by molar-refractivity contribution is 5.95. The molecule has 0 aliphatic carbocycles. The van der Waals surface area contributed by atoms with Crippen LogP contribution in [0.2, 0.25) is 0 Å². The number of nitrogens with zero attached hydrogens (tertiary/aromatic N) is 2. The maximum atomic E-state index is 12.4. The van der Waals surface area contributed by atoms with Crippen molar-refractivity contribution in [2.24, 2.45) is 0 Å². The number of benzene rings is 1. The highest BCUT2D eigenvalue weighted by Crippen LogP contribution is 2.28. The summed E-state index contributed by atoms with van der Waals surface area (Å²) in [5.74, 6) is 0.453. The molecule has 0 saturated carbocycles. The molecule has 1 aliphatic rings. The van der Waals surface area contributed by atoms with Crippen molar-refractivity contribution in [2.75, 3.05) is 44.9 Å². The van der Waals surface area contributed by atoms with E-state index in [2.05, 4.69) is 15.5 Å². The maximum Gasteiger partial charge on any atom is 0.321 e. The summed E-state index contributed by atoms with van der Waals surface area (Å²) >= 11 is 0. The minimum Gasteiger partial charge on any atom is -0.495 e. The predicted molar refractivity (Wildman–Crippen MR) is 94.6 cm³/mol. The summed E-state index contributed by atoms with van der Waals surface area (Å²) in [6.45, 7) is 3.24. The number of rotatable bonds is 5. The summed E-state index contributed by atoms with van der Waals surface area (Å²) in [4.78, 5) is 28.0. The van der Waals surface area contributed by atoms with E-state index in [9.17, 15) is 9.59 Å². The summed E-state index contributed by atoms with van der Waals surface area (Å²) in [6, 6.07) is 5.47. The molecule has 0 spiro atoms. The number of anilines is 2. The summed E-state index contributed by atoms with van der Waals surface area (Å²) in [7, 11) is 5.59. The molecule has 1 unspecified atom stereocenters. The number of hydrogen-bond acceptors (Lipinski definition) is 4. The van der Waals surface area contributed by atoms with E-state index in [0.29, 0.717) is 36.1 Å². The van der Waals surface area contributed by atoms with E-state index in [4.69, 9.17) is 4.74 Å². The van der Waals surface area contributed by atoms with Gasteiger partial charge in [0.25, 0.3) is 0 Å². The molecule has 2 N–H and O–H groups in total. The van der Waals surface area contributed by atoms with Gasteiger partial charge in [0.2, 0.25) is 5.91 Å². The Balaban J connectivity index is 2.05. The smallest absolute Gasteiger partial charge is 0.321 e. The van der Waals surface area contributed by atoms with E-state index in [1.807, 2.05) is 14.1 Å². The van der Waals surface area contributed by atoms with Crippen LogP contribution in [0.4, 0.5) is 16.2 Å². The number of likely N-dealkylation sites (tertiary alicyclic amines) is 1. The summed E-state index contributed by atoms with van der Waals surface area (Å²) in [6.07, 6.45) is 1.35. The van der Waals surface area contributed by atoms with Crippen LogP contribution in [0.25, 0.3) is 0 Å². The van der Waals surface area contributed by atoms with Crippen LogP contribution in [0.15, 0.2) is 18.2 Å². The van der Waals surface area contributed by atoms with Crippen molar-refractivity contribution < 1.29 is 14.3 Å². The molecule has 1 fully saturated rings. The highest BCUT2D eigenvalue weighted by atomic mass is 16.5. The molecule has 1 heterocycles. The van der Waals surface area contributed by atoms with Gasteiger partial charge < -0.3 is 25.2 Å². The van der Waals surface area contributed by atoms with Gasteiger partial charge in [0, 0.05) is 31.2 Å². The van der Waals surface area contributed by atoms with Gasteiger partial charge in [-0.25, -0.2) is 4.79 Å². The van der Waals surface area contributed by atoms with Crippen molar-refractivity contribution >= 4 is 23.3 Å². The van der Waals surface area contributed by atoms with E-state index in [1.54, 1.807) is 37.1 Å².